The predicted molar refractivity (Wildman–Crippen MR) is 108 cm³/mol. The first-order valence-electron chi connectivity index (χ1n) is 9.31. The second-order valence-corrected chi connectivity index (χ2v) is 10.1. The van der Waals surface area contributed by atoms with E-state index in [0.29, 0.717) is 31.3 Å². The topological polar surface area (TPSA) is 84.9 Å². The molecule has 0 atom stereocenters. The number of carbonyl (C=O) groups is 1. The van der Waals surface area contributed by atoms with Crippen LogP contribution in [0.5, 0.6) is 0 Å². The van der Waals surface area contributed by atoms with E-state index in [1.807, 2.05) is 20.8 Å². The van der Waals surface area contributed by atoms with Crippen LogP contribution in [0.4, 0.5) is 4.79 Å². The number of nitrogens with one attached hydrogen (secondary N) is 1. The van der Waals surface area contributed by atoms with Crippen molar-refractivity contribution in [1.82, 2.24) is 10.4 Å². The van der Waals surface area contributed by atoms with Gasteiger partial charge in [0, 0.05) is 19.3 Å². The lowest BCUT2D eigenvalue weighted by atomic mass is 9.98. The van der Waals surface area contributed by atoms with Gasteiger partial charge in [0.05, 0.1) is 17.2 Å². The third kappa shape index (κ3) is 6.83. The maximum absolute atomic E-state index is 12.1. The highest BCUT2D eigenvalue weighted by molar-refractivity contribution is 7.90. The van der Waals surface area contributed by atoms with Crippen LogP contribution in [0.25, 0.3) is 5.70 Å². The van der Waals surface area contributed by atoms with Crippen LogP contribution in [0.3, 0.4) is 0 Å². The summed E-state index contributed by atoms with van der Waals surface area (Å²) in [5.74, 6) is 0.339. The molecule has 1 aliphatic rings. The van der Waals surface area contributed by atoms with Gasteiger partial charge < -0.3 is 9.64 Å². The van der Waals surface area contributed by atoms with E-state index in [1.165, 1.54) is 6.26 Å². The zero-order chi connectivity index (χ0) is 20.9. The smallest absolute Gasteiger partial charge is 0.410 e. The first-order chi connectivity index (χ1) is 13.0. The summed E-state index contributed by atoms with van der Waals surface area (Å²) in [5, 5.41) is 0. The zero-order valence-corrected chi connectivity index (χ0v) is 17.8. The number of hydrogen-bond donors (Lipinski definition) is 1. The summed E-state index contributed by atoms with van der Waals surface area (Å²) in [7, 11) is -3.22. The van der Waals surface area contributed by atoms with Gasteiger partial charge in [-0.2, -0.15) is 0 Å². The Labute approximate surface area is 167 Å². The van der Waals surface area contributed by atoms with Crippen LogP contribution in [0, 0.1) is 5.92 Å². The number of nitrogens with zero attached hydrogens (tertiary/aromatic N) is 1. The lowest BCUT2D eigenvalue weighted by Gasteiger charge is -2.33. The fourth-order valence-electron chi connectivity index (χ4n) is 2.82. The number of rotatable bonds is 6. The maximum atomic E-state index is 12.1. The molecule has 1 amide bonds. The number of hydroxylamine groups is 1. The van der Waals surface area contributed by atoms with Gasteiger partial charge in [-0.25, -0.2) is 13.2 Å². The molecule has 0 unspecified atom stereocenters. The van der Waals surface area contributed by atoms with E-state index in [2.05, 4.69) is 12.1 Å². The number of piperidine rings is 1. The van der Waals surface area contributed by atoms with E-state index in [0.717, 1.165) is 18.4 Å². The Bertz CT molecular complexity index is 789. The van der Waals surface area contributed by atoms with E-state index in [9.17, 15) is 13.2 Å². The minimum atomic E-state index is -3.22. The lowest BCUT2D eigenvalue weighted by molar-refractivity contribution is 0.00419. The van der Waals surface area contributed by atoms with Gasteiger partial charge in [-0.1, -0.05) is 18.7 Å². The van der Waals surface area contributed by atoms with E-state index in [4.69, 9.17) is 9.57 Å². The normalized spacial score (nSPS) is 15.9. The molecule has 1 aliphatic heterocycles. The van der Waals surface area contributed by atoms with Crippen molar-refractivity contribution in [2.75, 3.05) is 26.0 Å². The average Bonchev–Trinajstić information content (AvgIpc) is 2.60. The molecular formula is C20H30N2O5S. The SMILES string of the molecule is C=C(NOCC1CCN(C(=O)OC(C)(C)C)CC1)c1ccc(S(C)(=O)=O)cc1. The van der Waals surface area contributed by atoms with Crippen LogP contribution in [-0.4, -0.2) is 51.0 Å². The van der Waals surface area contributed by atoms with Gasteiger partial charge >= 0.3 is 6.09 Å². The van der Waals surface area contributed by atoms with Crippen molar-refractivity contribution in [3.8, 4) is 0 Å². The maximum Gasteiger partial charge on any atom is 0.410 e. The van der Waals surface area contributed by atoms with E-state index in [1.54, 1.807) is 29.2 Å². The van der Waals surface area contributed by atoms with Crippen LogP contribution >= 0.6 is 0 Å². The predicted octanol–water partition coefficient (Wildman–Crippen LogP) is 3.23. The second kappa shape index (κ2) is 8.96. The fourth-order valence-corrected chi connectivity index (χ4v) is 3.45. The van der Waals surface area contributed by atoms with Gasteiger partial charge in [0.1, 0.15) is 5.60 Å². The second-order valence-electron chi connectivity index (χ2n) is 8.10. The Morgan fingerprint density at radius 1 is 1.21 bits per heavy atom. The van der Waals surface area contributed by atoms with Crippen molar-refractivity contribution in [1.29, 1.82) is 0 Å². The van der Waals surface area contributed by atoms with Crippen LogP contribution < -0.4 is 5.48 Å². The molecule has 0 spiro atoms. The molecule has 8 heteroatoms. The minimum Gasteiger partial charge on any atom is -0.444 e. The Morgan fingerprint density at radius 3 is 2.29 bits per heavy atom. The highest BCUT2D eigenvalue weighted by Crippen LogP contribution is 2.20. The Kier molecular flexibility index (Phi) is 7.11. The first kappa shape index (κ1) is 22.2. The van der Waals surface area contributed by atoms with Gasteiger partial charge in [-0.3, -0.25) is 10.3 Å². The molecular weight excluding hydrogens is 380 g/mol. The first-order valence-corrected chi connectivity index (χ1v) is 11.2. The van der Waals surface area contributed by atoms with Crippen LogP contribution in [-0.2, 0) is 19.4 Å². The van der Waals surface area contributed by atoms with E-state index < -0.39 is 15.4 Å². The standard InChI is InChI=1S/C20H30N2O5S/c1-15(17-6-8-18(9-7-17)28(5,24)25)21-26-14-16-10-12-22(13-11-16)19(23)27-20(2,3)4/h6-9,16,21H,1,10-14H2,2-5H3. The molecule has 1 aromatic carbocycles. The quantitative estimate of drug-likeness (QED) is 0.725. The monoisotopic (exact) mass is 410 g/mol. The molecule has 2 rings (SSSR count). The molecule has 156 valence electrons. The summed E-state index contributed by atoms with van der Waals surface area (Å²) < 4.78 is 28.4. The number of sulfone groups is 1. The molecule has 0 radical (unpaired) electrons. The van der Waals surface area contributed by atoms with Gasteiger partial charge in [0.2, 0.25) is 0 Å². The van der Waals surface area contributed by atoms with Gasteiger partial charge in [-0.05, 0) is 57.2 Å². The summed E-state index contributed by atoms with van der Waals surface area (Å²) in [6, 6.07) is 6.47. The number of likely N-dealkylation sites (tertiary alicyclic amines) is 1. The third-order valence-electron chi connectivity index (χ3n) is 4.41. The van der Waals surface area contributed by atoms with Crippen molar-refractivity contribution in [3.05, 3.63) is 36.4 Å². The van der Waals surface area contributed by atoms with Crippen LogP contribution in [0.2, 0.25) is 0 Å². The van der Waals surface area contributed by atoms with Crippen molar-refractivity contribution in [2.45, 2.75) is 44.1 Å². The number of carbonyl (C=O) groups excluding carboxylic acids is 1. The van der Waals surface area contributed by atoms with Gasteiger partial charge in [0.25, 0.3) is 0 Å². The largest absolute Gasteiger partial charge is 0.444 e. The molecule has 0 bridgehead atoms. The minimum absolute atomic E-state index is 0.265. The molecule has 1 saturated heterocycles. The third-order valence-corrected chi connectivity index (χ3v) is 5.54. The van der Waals surface area contributed by atoms with Crippen LogP contribution in [0.1, 0.15) is 39.2 Å². The van der Waals surface area contributed by atoms with Crippen molar-refractivity contribution in [3.63, 3.8) is 0 Å². The summed E-state index contributed by atoms with van der Waals surface area (Å²) in [5.41, 5.74) is 3.65. The number of ether oxygens (including phenoxy) is 1. The summed E-state index contributed by atoms with van der Waals surface area (Å²) in [4.78, 5) is 19.6. The number of benzene rings is 1. The molecule has 1 N–H and O–H groups in total. The van der Waals surface area contributed by atoms with Gasteiger partial charge in [-0.15, -0.1) is 0 Å². The Hall–Kier alpha value is -2.06. The van der Waals surface area contributed by atoms with Crippen molar-refractivity contribution in [2.24, 2.45) is 5.92 Å². The van der Waals surface area contributed by atoms with Crippen molar-refractivity contribution >= 4 is 21.6 Å². The molecule has 1 fully saturated rings. The molecule has 1 heterocycles. The van der Waals surface area contributed by atoms with Gasteiger partial charge in [0.15, 0.2) is 9.84 Å². The molecule has 1 aromatic rings. The summed E-state index contributed by atoms with van der Waals surface area (Å²) in [6.07, 6.45) is 2.59. The highest BCUT2D eigenvalue weighted by atomic mass is 32.2. The highest BCUT2D eigenvalue weighted by Gasteiger charge is 2.27. The Balaban J connectivity index is 1.73. The summed E-state index contributed by atoms with van der Waals surface area (Å²) in [6.45, 7) is 11.3. The average molecular weight is 411 g/mol. The van der Waals surface area contributed by atoms with Crippen LogP contribution in [0.15, 0.2) is 35.7 Å². The Morgan fingerprint density at radius 2 is 1.79 bits per heavy atom. The van der Waals surface area contributed by atoms with E-state index >= 15 is 0 Å². The zero-order valence-electron chi connectivity index (χ0n) is 17.0. The lowest BCUT2D eigenvalue weighted by Crippen LogP contribution is -2.42. The number of hydrogen-bond acceptors (Lipinski definition) is 6. The number of amides is 1. The summed E-state index contributed by atoms with van der Waals surface area (Å²) >= 11 is 0. The molecule has 0 aromatic heterocycles. The fraction of sp³-hybridized carbons (Fsp3) is 0.550. The molecule has 28 heavy (non-hydrogen) atoms. The molecule has 0 aliphatic carbocycles. The van der Waals surface area contributed by atoms with E-state index in [-0.39, 0.29) is 11.0 Å². The molecule has 0 saturated carbocycles. The molecule has 7 nitrogen and oxygen atoms in total. The van der Waals surface area contributed by atoms with Crippen molar-refractivity contribution < 1.29 is 22.8 Å².